The van der Waals surface area contributed by atoms with E-state index in [0.29, 0.717) is 30.5 Å². The molecule has 3 N–H and O–H groups in total. The van der Waals surface area contributed by atoms with E-state index in [1.54, 1.807) is 29.6 Å². The number of aromatic nitrogens is 4. The standard InChI is InChI=1S/C21H24FN7O/c1-12(2)14-9-26-20(23-3)15-10-25-19(8-13(14)15)27-18-4-6-24-21(28-18)29-7-5-17(30)16(22)11-29/h4,6,8-10,16-17,30H,1,5,7,11H2,2-3H3,(H,23,26)(H,24,25,27,28)/t16-,17+/m0/s1. The van der Waals surface area contributed by atoms with Gasteiger partial charge in [-0.2, -0.15) is 4.98 Å². The van der Waals surface area contributed by atoms with Gasteiger partial charge in [-0.15, -0.1) is 0 Å². The van der Waals surface area contributed by atoms with E-state index >= 15 is 0 Å². The number of hydrogen-bond donors (Lipinski definition) is 3. The molecule has 9 heteroatoms. The molecular weight excluding hydrogens is 385 g/mol. The van der Waals surface area contributed by atoms with Crippen LogP contribution in [0, 0.1) is 0 Å². The number of alkyl halides is 1. The lowest BCUT2D eigenvalue weighted by molar-refractivity contribution is 0.0612. The number of pyridine rings is 2. The van der Waals surface area contributed by atoms with Crippen molar-refractivity contribution in [3.63, 3.8) is 0 Å². The fraction of sp³-hybridized carbons (Fsp3) is 0.333. The number of aliphatic hydroxyl groups excluding tert-OH is 1. The van der Waals surface area contributed by atoms with Gasteiger partial charge in [0.2, 0.25) is 5.95 Å². The van der Waals surface area contributed by atoms with Crippen LogP contribution in [0.1, 0.15) is 18.9 Å². The van der Waals surface area contributed by atoms with Crippen molar-refractivity contribution in [2.75, 3.05) is 35.7 Å². The first-order valence-corrected chi connectivity index (χ1v) is 9.76. The first-order chi connectivity index (χ1) is 14.5. The molecule has 1 aliphatic rings. The van der Waals surface area contributed by atoms with Crippen molar-refractivity contribution in [3.05, 3.63) is 42.9 Å². The van der Waals surface area contributed by atoms with Crippen LogP contribution < -0.4 is 15.5 Å². The summed E-state index contributed by atoms with van der Waals surface area (Å²) in [6, 6.07) is 3.66. The van der Waals surface area contributed by atoms with Gasteiger partial charge in [0.05, 0.1) is 12.6 Å². The predicted molar refractivity (Wildman–Crippen MR) is 117 cm³/mol. The Kier molecular flexibility index (Phi) is 5.45. The summed E-state index contributed by atoms with van der Waals surface area (Å²) in [5, 5.41) is 17.7. The second-order valence-electron chi connectivity index (χ2n) is 7.35. The molecule has 4 rings (SSSR count). The van der Waals surface area contributed by atoms with E-state index in [4.69, 9.17) is 0 Å². The zero-order valence-electron chi connectivity index (χ0n) is 16.9. The van der Waals surface area contributed by atoms with Crippen molar-refractivity contribution in [1.29, 1.82) is 0 Å². The second-order valence-corrected chi connectivity index (χ2v) is 7.35. The molecule has 156 valence electrons. The van der Waals surface area contributed by atoms with Crippen LogP contribution in [0.2, 0.25) is 0 Å². The Bertz CT molecular complexity index is 1090. The second kappa shape index (κ2) is 8.19. The van der Waals surface area contributed by atoms with Crippen LogP contribution >= 0.6 is 0 Å². The molecule has 0 aromatic carbocycles. The maximum absolute atomic E-state index is 13.9. The highest BCUT2D eigenvalue weighted by molar-refractivity contribution is 5.99. The monoisotopic (exact) mass is 409 g/mol. The van der Waals surface area contributed by atoms with Gasteiger partial charge in [0.1, 0.15) is 23.6 Å². The van der Waals surface area contributed by atoms with Crippen LogP contribution in [0.3, 0.4) is 0 Å². The molecule has 2 atom stereocenters. The molecule has 0 unspecified atom stereocenters. The quantitative estimate of drug-likeness (QED) is 0.591. The minimum Gasteiger partial charge on any atom is -0.390 e. The van der Waals surface area contributed by atoms with Crippen molar-refractivity contribution in [1.82, 2.24) is 19.9 Å². The van der Waals surface area contributed by atoms with Gasteiger partial charge in [-0.1, -0.05) is 6.58 Å². The maximum atomic E-state index is 13.9. The average Bonchev–Trinajstić information content (AvgIpc) is 2.74. The van der Waals surface area contributed by atoms with E-state index in [9.17, 15) is 9.50 Å². The van der Waals surface area contributed by atoms with Gasteiger partial charge in [0, 0.05) is 43.1 Å². The van der Waals surface area contributed by atoms with Crippen LogP contribution in [-0.4, -0.2) is 57.5 Å². The number of nitrogens with zero attached hydrogens (tertiary/aromatic N) is 5. The van der Waals surface area contributed by atoms with E-state index in [0.717, 1.165) is 27.7 Å². The molecule has 0 saturated carbocycles. The van der Waals surface area contributed by atoms with E-state index in [1.165, 1.54) is 0 Å². The number of nitrogens with one attached hydrogen (secondary N) is 2. The minimum absolute atomic E-state index is 0.0701. The van der Waals surface area contributed by atoms with Gasteiger partial charge < -0.3 is 20.6 Å². The molecule has 0 aliphatic carbocycles. The third-order valence-corrected chi connectivity index (χ3v) is 5.16. The van der Waals surface area contributed by atoms with Crippen LogP contribution in [0.25, 0.3) is 16.3 Å². The Balaban J connectivity index is 1.63. The van der Waals surface area contributed by atoms with Gasteiger partial charge in [-0.25, -0.2) is 19.3 Å². The fourth-order valence-corrected chi connectivity index (χ4v) is 3.52. The summed E-state index contributed by atoms with van der Waals surface area (Å²) >= 11 is 0. The number of anilines is 4. The minimum atomic E-state index is -1.31. The number of fused-ring (bicyclic) bond motifs is 1. The molecule has 0 amide bonds. The first kappa shape index (κ1) is 20.0. The smallest absolute Gasteiger partial charge is 0.227 e. The first-order valence-electron chi connectivity index (χ1n) is 9.76. The van der Waals surface area contributed by atoms with Gasteiger partial charge in [0.25, 0.3) is 0 Å². The summed E-state index contributed by atoms with van der Waals surface area (Å²) in [6.45, 7) is 6.55. The zero-order chi connectivity index (χ0) is 21.3. The van der Waals surface area contributed by atoms with Crippen molar-refractivity contribution in [2.24, 2.45) is 0 Å². The summed E-state index contributed by atoms with van der Waals surface area (Å²) in [5.41, 5.74) is 1.85. The molecule has 1 fully saturated rings. The fourth-order valence-electron chi connectivity index (χ4n) is 3.52. The van der Waals surface area contributed by atoms with Crippen LogP contribution in [0.4, 0.5) is 27.8 Å². The number of halogens is 1. The number of piperidine rings is 1. The molecular formula is C21H24FN7O. The lowest BCUT2D eigenvalue weighted by Gasteiger charge is -2.32. The Morgan fingerprint density at radius 1 is 1.23 bits per heavy atom. The Hall–Kier alpha value is -3.33. The van der Waals surface area contributed by atoms with Crippen molar-refractivity contribution >= 4 is 39.7 Å². The SMILES string of the molecule is C=C(C)c1cnc(NC)c2cnc(Nc3ccnc(N4CC[C@@H](O)[C@@H](F)C4)n3)cc12. The van der Waals surface area contributed by atoms with Crippen molar-refractivity contribution in [2.45, 2.75) is 25.6 Å². The summed E-state index contributed by atoms with van der Waals surface area (Å²) in [7, 11) is 1.82. The highest BCUT2D eigenvalue weighted by Gasteiger charge is 2.28. The Morgan fingerprint density at radius 3 is 2.80 bits per heavy atom. The molecule has 30 heavy (non-hydrogen) atoms. The highest BCUT2D eigenvalue weighted by atomic mass is 19.1. The van der Waals surface area contributed by atoms with E-state index < -0.39 is 12.3 Å². The largest absolute Gasteiger partial charge is 0.390 e. The van der Waals surface area contributed by atoms with Crippen molar-refractivity contribution < 1.29 is 9.50 Å². The molecule has 3 aromatic heterocycles. The number of allylic oxidation sites excluding steroid dienone is 1. The van der Waals surface area contributed by atoms with Gasteiger partial charge in [-0.05, 0) is 36.4 Å². The molecule has 0 spiro atoms. The molecule has 3 aromatic rings. The molecule has 0 bridgehead atoms. The van der Waals surface area contributed by atoms with E-state index in [1.807, 2.05) is 20.0 Å². The lowest BCUT2D eigenvalue weighted by atomic mass is 10.0. The van der Waals surface area contributed by atoms with Crippen LogP contribution in [0.15, 0.2) is 37.3 Å². The molecule has 0 radical (unpaired) electrons. The number of hydrogen-bond acceptors (Lipinski definition) is 8. The van der Waals surface area contributed by atoms with E-state index in [2.05, 4.69) is 37.1 Å². The lowest BCUT2D eigenvalue weighted by Crippen LogP contribution is -2.45. The van der Waals surface area contributed by atoms with Gasteiger partial charge in [0.15, 0.2) is 0 Å². The number of aliphatic hydroxyl groups is 1. The molecule has 4 heterocycles. The van der Waals surface area contributed by atoms with Crippen LogP contribution in [-0.2, 0) is 0 Å². The topological polar surface area (TPSA) is 99.1 Å². The Labute approximate surface area is 173 Å². The average molecular weight is 409 g/mol. The third-order valence-electron chi connectivity index (χ3n) is 5.16. The molecule has 8 nitrogen and oxygen atoms in total. The van der Waals surface area contributed by atoms with Gasteiger partial charge >= 0.3 is 0 Å². The van der Waals surface area contributed by atoms with E-state index in [-0.39, 0.29) is 6.54 Å². The van der Waals surface area contributed by atoms with Gasteiger partial charge in [-0.3, -0.25) is 0 Å². The normalized spacial score (nSPS) is 19.0. The number of rotatable bonds is 5. The molecule has 1 aliphatic heterocycles. The third kappa shape index (κ3) is 3.88. The summed E-state index contributed by atoms with van der Waals surface area (Å²) in [6.07, 6.45) is 3.28. The highest BCUT2D eigenvalue weighted by Crippen LogP contribution is 2.30. The zero-order valence-corrected chi connectivity index (χ0v) is 16.9. The summed E-state index contributed by atoms with van der Waals surface area (Å²) in [5.74, 6) is 2.32. The Morgan fingerprint density at radius 2 is 2.07 bits per heavy atom. The van der Waals surface area contributed by atoms with Crippen molar-refractivity contribution in [3.8, 4) is 0 Å². The molecule has 1 saturated heterocycles. The predicted octanol–water partition coefficient (Wildman–Crippen LogP) is 3.15. The van der Waals surface area contributed by atoms with Crippen LogP contribution in [0.5, 0.6) is 0 Å². The summed E-state index contributed by atoms with van der Waals surface area (Å²) < 4.78 is 13.9. The maximum Gasteiger partial charge on any atom is 0.227 e. The summed E-state index contributed by atoms with van der Waals surface area (Å²) in [4.78, 5) is 19.4.